The van der Waals surface area contributed by atoms with Crippen LogP contribution in [-0.2, 0) is 6.54 Å². The van der Waals surface area contributed by atoms with Gasteiger partial charge in [0.05, 0.1) is 6.20 Å². The molecule has 2 N–H and O–H groups in total. The minimum atomic E-state index is -0.315. The Morgan fingerprint density at radius 1 is 1.22 bits per heavy atom. The van der Waals surface area contributed by atoms with Gasteiger partial charge in [-0.3, -0.25) is 0 Å². The van der Waals surface area contributed by atoms with Crippen LogP contribution in [0.2, 0.25) is 0 Å². The van der Waals surface area contributed by atoms with E-state index in [4.69, 9.17) is 5.73 Å². The van der Waals surface area contributed by atoms with E-state index in [0.29, 0.717) is 6.54 Å². The van der Waals surface area contributed by atoms with E-state index in [1.165, 1.54) is 12.3 Å². The standard InChI is InChI=1S/C14H24FN3/c1-3-5-7-18(8-6-4-2)14-12(10-16)9-13(15)11-17-14/h9,11H,3-8,10,16H2,1-2H3. The van der Waals surface area contributed by atoms with Crippen molar-refractivity contribution in [3.8, 4) is 0 Å². The van der Waals surface area contributed by atoms with Crippen molar-refractivity contribution in [2.75, 3.05) is 18.0 Å². The van der Waals surface area contributed by atoms with Gasteiger partial charge in [0.1, 0.15) is 11.6 Å². The Morgan fingerprint density at radius 2 is 1.83 bits per heavy atom. The third-order valence-corrected chi connectivity index (χ3v) is 2.99. The molecule has 0 fully saturated rings. The van der Waals surface area contributed by atoms with Gasteiger partial charge in [-0.15, -0.1) is 0 Å². The van der Waals surface area contributed by atoms with Crippen LogP contribution in [0.3, 0.4) is 0 Å². The molecule has 0 atom stereocenters. The summed E-state index contributed by atoms with van der Waals surface area (Å²) in [6.07, 6.45) is 5.79. The molecule has 0 aromatic carbocycles. The van der Waals surface area contributed by atoms with E-state index in [9.17, 15) is 4.39 Å². The van der Waals surface area contributed by atoms with E-state index < -0.39 is 0 Å². The molecule has 0 amide bonds. The molecule has 1 rings (SSSR count). The van der Waals surface area contributed by atoms with Gasteiger partial charge in [-0.25, -0.2) is 9.37 Å². The topological polar surface area (TPSA) is 42.2 Å². The quantitative estimate of drug-likeness (QED) is 0.774. The van der Waals surface area contributed by atoms with Gasteiger partial charge in [-0.2, -0.15) is 0 Å². The lowest BCUT2D eigenvalue weighted by Crippen LogP contribution is -2.28. The fraction of sp³-hybridized carbons (Fsp3) is 0.643. The molecule has 0 spiro atoms. The van der Waals surface area contributed by atoms with Crippen LogP contribution in [0.1, 0.15) is 45.1 Å². The molecule has 0 radical (unpaired) electrons. The summed E-state index contributed by atoms with van der Waals surface area (Å²) in [6.45, 7) is 6.58. The summed E-state index contributed by atoms with van der Waals surface area (Å²) in [5.41, 5.74) is 6.48. The molecule has 1 aromatic rings. The number of unbranched alkanes of at least 4 members (excludes halogenated alkanes) is 2. The molecule has 0 saturated carbocycles. The van der Waals surface area contributed by atoms with E-state index >= 15 is 0 Å². The summed E-state index contributed by atoms with van der Waals surface area (Å²) in [5, 5.41) is 0. The fourth-order valence-electron chi connectivity index (χ4n) is 1.93. The molecule has 0 saturated heterocycles. The zero-order chi connectivity index (χ0) is 13.4. The number of hydrogen-bond donors (Lipinski definition) is 1. The van der Waals surface area contributed by atoms with Crippen molar-refractivity contribution in [1.82, 2.24) is 4.98 Å². The number of pyridine rings is 1. The molecular weight excluding hydrogens is 229 g/mol. The second-order valence-corrected chi connectivity index (χ2v) is 4.53. The Bertz CT molecular complexity index is 347. The molecule has 4 heteroatoms. The predicted molar refractivity (Wildman–Crippen MR) is 74.1 cm³/mol. The van der Waals surface area contributed by atoms with E-state index in [2.05, 4.69) is 23.7 Å². The van der Waals surface area contributed by atoms with Gasteiger partial charge in [0.15, 0.2) is 0 Å². The van der Waals surface area contributed by atoms with E-state index in [1.54, 1.807) is 0 Å². The van der Waals surface area contributed by atoms with Crippen molar-refractivity contribution < 1.29 is 4.39 Å². The van der Waals surface area contributed by atoms with Crippen molar-refractivity contribution in [2.45, 2.75) is 46.1 Å². The molecular formula is C14H24FN3. The van der Waals surface area contributed by atoms with Gasteiger partial charge in [-0.1, -0.05) is 26.7 Å². The summed E-state index contributed by atoms with van der Waals surface area (Å²) in [6, 6.07) is 1.49. The maximum Gasteiger partial charge on any atom is 0.141 e. The zero-order valence-corrected chi connectivity index (χ0v) is 11.5. The maximum atomic E-state index is 13.2. The molecule has 0 bridgehead atoms. The molecule has 0 aliphatic carbocycles. The van der Waals surface area contributed by atoms with Crippen LogP contribution in [0.25, 0.3) is 0 Å². The van der Waals surface area contributed by atoms with Gasteiger partial charge in [0, 0.05) is 25.2 Å². The number of rotatable bonds is 8. The van der Waals surface area contributed by atoms with Crippen LogP contribution in [0.4, 0.5) is 10.2 Å². The third-order valence-electron chi connectivity index (χ3n) is 2.99. The number of anilines is 1. The molecule has 1 aromatic heterocycles. The Kier molecular flexibility index (Phi) is 6.65. The van der Waals surface area contributed by atoms with Crippen molar-refractivity contribution in [3.63, 3.8) is 0 Å². The van der Waals surface area contributed by atoms with Crippen LogP contribution >= 0.6 is 0 Å². The number of aromatic nitrogens is 1. The van der Waals surface area contributed by atoms with Crippen molar-refractivity contribution in [1.29, 1.82) is 0 Å². The highest BCUT2D eigenvalue weighted by Crippen LogP contribution is 2.19. The van der Waals surface area contributed by atoms with Crippen LogP contribution < -0.4 is 10.6 Å². The van der Waals surface area contributed by atoms with Crippen LogP contribution in [0.5, 0.6) is 0 Å². The second kappa shape index (κ2) is 8.03. The SMILES string of the molecule is CCCCN(CCCC)c1ncc(F)cc1CN. The van der Waals surface area contributed by atoms with Gasteiger partial charge >= 0.3 is 0 Å². The van der Waals surface area contributed by atoms with Crippen molar-refractivity contribution in [2.24, 2.45) is 5.73 Å². The first-order valence-electron chi connectivity index (χ1n) is 6.82. The van der Waals surface area contributed by atoms with E-state index in [-0.39, 0.29) is 5.82 Å². The lowest BCUT2D eigenvalue weighted by molar-refractivity contribution is 0.613. The van der Waals surface area contributed by atoms with E-state index in [1.807, 2.05) is 0 Å². The summed E-state index contributed by atoms with van der Waals surface area (Å²) in [5.74, 6) is 0.533. The summed E-state index contributed by atoms with van der Waals surface area (Å²) in [4.78, 5) is 6.46. The first-order valence-corrected chi connectivity index (χ1v) is 6.82. The smallest absolute Gasteiger partial charge is 0.141 e. The van der Waals surface area contributed by atoms with Gasteiger partial charge in [0.2, 0.25) is 0 Å². The molecule has 18 heavy (non-hydrogen) atoms. The highest BCUT2D eigenvalue weighted by Gasteiger charge is 2.12. The minimum Gasteiger partial charge on any atom is -0.356 e. The fourth-order valence-corrected chi connectivity index (χ4v) is 1.93. The zero-order valence-electron chi connectivity index (χ0n) is 11.5. The maximum absolute atomic E-state index is 13.2. The first kappa shape index (κ1) is 14.9. The molecule has 3 nitrogen and oxygen atoms in total. The van der Waals surface area contributed by atoms with Crippen LogP contribution in [0.15, 0.2) is 12.3 Å². The normalized spacial score (nSPS) is 10.7. The van der Waals surface area contributed by atoms with Crippen molar-refractivity contribution >= 4 is 5.82 Å². The Hall–Kier alpha value is -1.16. The molecule has 0 unspecified atom stereocenters. The number of hydrogen-bond acceptors (Lipinski definition) is 3. The lowest BCUT2D eigenvalue weighted by Gasteiger charge is -2.25. The number of halogens is 1. The lowest BCUT2D eigenvalue weighted by atomic mass is 10.2. The van der Waals surface area contributed by atoms with E-state index in [0.717, 1.165) is 50.2 Å². The van der Waals surface area contributed by atoms with Crippen LogP contribution in [-0.4, -0.2) is 18.1 Å². The first-order chi connectivity index (χ1) is 8.72. The average molecular weight is 253 g/mol. The molecule has 0 aliphatic heterocycles. The molecule has 0 aliphatic rings. The second-order valence-electron chi connectivity index (χ2n) is 4.53. The Morgan fingerprint density at radius 3 is 2.33 bits per heavy atom. The average Bonchev–Trinajstić information content (AvgIpc) is 2.39. The number of nitrogens with zero attached hydrogens (tertiary/aromatic N) is 2. The third kappa shape index (κ3) is 4.26. The summed E-state index contributed by atoms with van der Waals surface area (Å²) >= 11 is 0. The highest BCUT2D eigenvalue weighted by atomic mass is 19.1. The number of nitrogens with two attached hydrogens (primary N) is 1. The largest absolute Gasteiger partial charge is 0.356 e. The van der Waals surface area contributed by atoms with Crippen LogP contribution in [0, 0.1) is 5.82 Å². The Balaban J connectivity index is 2.88. The van der Waals surface area contributed by atoms with Crippen molar-refractivity contribution in [3.05, 3.63) is 23.6 Å². The minimum absolute atomic E-state index is 0.315. The molecule has 102 valence electrons. The molecule has 1 heterocycles. The van der Waals surface area contributed by atoms with Gasteiger partial charge in [0.25, 0.3) is 0 Å². The van der Waals surface area contributed by atoms with Gasteiger partial charge < -0.3 is 10.6 Å². The summed E-state index contributed by atoms with van der Waals surface area (Å²) in [7, 11) is 0. The monoisotopic (exact) mass is 253 g/mol. The predicted octanol–water partition coefficient (Wildman–Crippen LogP) is 3.09. The summed E-state index contributed by atoms with van der Waals surface area (Å²) < 4.78 is 13.2. The Labute approximate surface area is 109 Å². The highest BCUT2D eigenvalue weighted by molar-refractivity contribution is 5.46. The van der Waals surface area contributed by atoms with Gasteiger partial charge in [-0.05, 0) is 18.9 Å².